The molecule has 1 amide bonds. The van der Waals surface area contributed by atoms with E-state index in [2.05, 4.69) is 37.1 Å². The van der Waals surface area contributed by atoms with Gasteiger partial charge in [-0.2, -0.15) is 15.0 Å². The Labute approximate surface area is 218 Å². The Morgan fingerprint density at radius 1 is 1.11 bits per heavy atom. The number of carbonyl (C=O) groups is 2. The standard InChI is InChI=1S/C27H24N8O3/c1-16-6-7-19(32-25(36)17-4-3-5-18(10-17)27(14-28)8-9-27)11-20(16)33-24-12-21(26(37)38)34-35(24)23-13-22(29-2)30-15-31-23/h3-7,10-13,15,33H,8-9H2,1-2H3,(H,32,36)(H,37,38)(H,29,30,31). The fourth-order valence-electron chi connectivity index (χ4n) is 4.07. The molecule has 11 heteroatoms. The second-order valence-electron chi connectivity index (χ2n) is 9.03. The molecule has 2 heterocycles. The summed E-state index contributed by atoms with van der Waals surface area (Å²) in [5, 5.41) is 32.2. The van der Waals surface area contributed by atoms with Gasteiger partial charge in [0.25, 0.3) is 5.91 Å². The molecule has 0 saturated heterocycles. The number of anilines is 4. The second-order valence-corrected chi connectivity index (χ2v) is 9.03. The lowest BCUT2D eigenvalue weighted by Gasteiger charge is -2.14. The molecule has 2 aromatic heterocycles. The number of carboxylic acid groups (broad SMARTS) is 1. The van der Waals surface area contributed by atoms with E-state index in [1.807, 2.05) is 19.1 Å². The van der Waals surface area contributed by atoms with Gasteiger partial charge in [-0.25, -0.2) is 14.8 Å². The number of nitrogens with one attached hydrogen (secondary N) is 3. The third-order valence-corrected chi connectivity index (χ3v) is 6.45. The molecule has 38 heavy (non-hydrogen) atoms. The van der Waals surface area contributed by atoms with Crippen molar-refractivity contribution in [3.05, 3.63) is 83.3 Å². The van der Waals surface area contributed by atoms with Crippen LogP contribution in [0.25, 0.3) is 5.82 Å². The number of aromatic nitrogens is 4. The fourth-order valence-corrected chi connectivity index (χ4v) is 4.07. The normalized spacial score (nSPS) is 13.3. The van der Waals surface area contributed by atoms with E-state index in [1.54, 1.807) is 43.4 Å². The SMILES string of the molecule is CNc1cc(-n2nc(C(=O)O)cc2Nc2cc(NC(=O)c3cccc(C4(C#N)CC4)c3)ccc2C)ncn1. The predicted molar refractivity (Wildman–Crippen MR) is 141 cm³/mol. The third-order valence-electron chi connectivity index (χ3n) is 6.45. The maximum absolute atomic E-state index is 13.0. The van der Waals surface area contributed by atoms with Gasteiger partial charge in [-0.05, 0) is 55.2 Å². The van der Waals surface area contributed by atoms with Crippen LogP contribution in [0.1, 0.15) is 44.8 Å². The minimum atomic E-state index is -1.18. The molecule has 5 rings (SSSR count). The lowest BCUT2D eigenvalue weighted by Crippen LogP contribution is -2.14. The third kappa shape index (κ3) is 4.75. The second kappa shape index (κ2) is 9.67. The van der Waals surface area contributed by atoms with Gasteiger partial charge in [-0.3, -0.25) is 4.79 Å². The summed E-state index contributed by atoms with van der Waals surface area (Å²) in [6.07, 6.45) is 2.95. The summed E-state index contributed by atoms with van der Waals surface area (Å²) in [5.41, 5.74) is 2.72. The number of aryl methyl sites for hydroxylation is 1. The number of carbonyl (C=O) groups excluding carboxylic acids is 1. The van der Waals surface area contributed by atoms with Crippen LogP contribution in [0.3, 0.4) is 0 Å². The van der Waals surface area contributed by atoms with Crippen LogP contribution in [0, 0.1) is 18.3 Å². The maximum atomic E-state index is 13.0. The summed E-state index contributed by atoms with van der Waals surface area (Å²) in [6.45, 7) is 1.89. The van der Waals surface area contributed by atoms with Crippen LogP contribution in [0.2, 0.25) is 0 Å². The van der Waals surface area contributed by atoms with E-state index in [4.69, 9.17) is 0 Å². The molecule has 1 aliphatic carbocycles. The minimum Gasteiger partial charge on any atom is -0.476 e. The number of nitrogens with zero attached hydrogens (tertiary/aromatic N) is 5. The number of nitriles is 1. The van der Waals surface area contributed by atoms with Gasteiger partial charge in [-0.1, -0.05) is 18.2 Å². The van der Waals surface area contributed by atoms with E-state index in [0.29, 0.717) is 34.4 Å². The summed E-state index contributed by atoms with van der Waals surface area (Å²) in [4.78, 5) is 33.0. The highest BCUT2D eigenvalue weighted by molar-refractivity contribution is 6.04. The highest BCUT2D eigenvalue weighted by Gasteiger charge is 2.45. The molecule has 0 radical (unpaired) electrons. The van der Waals surface area contributed by atoms with E-state index in [1.165, 1.54) is 17.1 Å². The summed E-state index contributed by atoms with van der Waals surface area (Å²) in [7, 11) is 1.71. The van der Waals surface area contributed by atoms with Crippen molar-refractivity contribution in [1.29, 1.82) is 5.26 Å². The number of rotatable bonds is 8. The van der Waals surface area contributed by atoms with Crippen LogP contribution in [-0.2, 0) is 5.41 Å². The van der Waals surface area contributed by atoms with Crippen molar-refractivity contribution < 1.29 is 14.7 Å². The van der Waals surface area contributed by atoms with Crippen molar-refractivity contribution in [2.24, 2.45) is 0 Å². The Hall–Kier alpha value is -5.24. The highest BCUT2D eigenvalue weighted by atomic mass is 16.4. The molecule has 1 fully saturated rings. The molecule has 0 spiro atoms. The van der Waals surface area contributed by atoms with Gasteiger partial charge in [0.1, 0.15) is 18.0 Å². The van der Waals surface area contributed by atoms with Gasteiger partial charge in [-0.15, -0.1) is 0 Å². The number of hydrogen-bond acceptors (Lipinski definition) is 8. The lowest BCUT2D eigenvalue weighted by molar-refractivity contribution is 0.0689. The van der Waals surface area contributed by atoms with Gasteiger partial charge in [0, 0.05) is 36.1 Å². The van der Waals surface area contributed by atoms with Crippen LogP contribution in [0.5, 0.6) is 0 Å². The van der Waals surface area contributed by atoms with E-state index >= 15 is 0 Å². The van der Waals surface area contributed by atoms with Gasteiger partial charge >= 0.3 is 5.97 Å². The largest absolute Gasteiger partial charge is 0.476 e. The molecule has 0 unspecified atom stereocenters. The highest BCUT2D eigenvalue weighted by Crippen LogP contribution is 2.47. The molecule has 0 aliphatic heterocycles. The van der Waals surface area contributed by atoms with Gasteiger partial charge in [0.2, 0.25) is 0 Å². The Kier molecular flexibility index (Phi) is 6.22. The summed E-state index contributed by atoms with van der Waals surface area (Å²) in [5.74, 6) is -0.199. The predicted octanol–water partition coefficient (Wildman–Crippen LogP) is 4.26. The van der Waals surface area contributed by atoms with E-state index in [-0.39, 0.29) is 11.6 Å². The van der Waals surface area contributed by atoms with Crippen LogP contribution in [0.15, 0.2) is 60.9 Å². The first-order valence-corrected chi connectivity index (χ1v) is 11.9. The molecule has 0 bridgehead atoms. The Morgan fingerprint density at radius 3 is 2.63 bits per heavy atom. The molecule has 4 N–H and O–H groups in total. The number of benzene rings is 2. The maximum Gasteiger partial charge on any atom is 0.356 e. The zero-order valence-corrected chi connectivity index (χ0v) is 20.7. The molecular formula is C27H24N8O3. The molecular weight excluding hydrogens is 484 g/mol. The summed E-state index contributed by atoms with van der Waals surface area (Å²) < 4.78 is 1.38. The van der Waals surface area contributed by atoms with Crippen molar-refractivity contribution in [1.82, 2.24) is 19.7 Å². The monoisotopic (exact) mass is 508 g/mol. The van der Waals surface area contributed by atoms with Gasteiger partial charge in [0.05, 0.1) is 11.5 Å². The number of hydrogen-bond donors (Lipinski definition) is 4. The Bertz CT molecular complexity index is 1600. The van der Waals surface area contributed by atoms with Crippen molar-refractivity contribution >= 4 is 34.9 Å². The van der Waals surface area contributed by atoms with Crippen molar-refractivity contribution in [3.8, 4) is 11.9 Å². The number of carboxylic acids is 1. The zero-order valence-electron chi connectivity index (χ0n) is 20.7. The molecule has 11 nitrogen and oxygen atoms in total. The summed E-state index contributed by atoms with van der Waals surface area (Å²) >= 11 is 0. The van der Waals surface area contributed by atoms with Crippen molar-refractivity contribution in [2.45, 2.75) is 25.2 Å². The van der Waals surface area contributed by atoms with Crippen molar-refractivity contribution in [2.75, 3.05) is 23.0 Å². The van der Waals surface area contributed by atoms with Crippen LogP contribution in [-0.4, -0.2) is 43.8 Å². The average Bonchev–Trinajstić information content (AvgIpc) is 3.63. The quantitative estimate of drug-likeness (QED) is 0.273. The van der Waals surface area contributed by atoms with Gasteiger partial charge < -0.3 is 21.1 Å². The molecule has 4 aromatic rings. The minimum absolute atomic E-state index is 0.162. The molecule has 0 atom stereocenters. The smallest absolute Gasteiger partial charge is 0.356 e. The summed E-state index contributed by atoms with van der Waals surface area (Å²) in [6, 6.07) is 17.9. The van der Waals surface area contributed by atoms with Gasteiger partial charge in [0.15, 0.2) is 11.5 Å². The Morgan fingerprint density at radius 2 is 1.92 bits per heavy atom. The molecule has 190 valence electrons. The number of aromatic carboxylic acids is 1. The lowest BCUT2D eigenvalue weighted by atomic mass is 9.96. The topological polar surface area (TPSA) is 158 Å². The Balaban J connectivity index is 1.42. The van der Waals surface area contributed by atoms with E-state index in [9.17, 15) is 20.0 Å². The zero-order chi connectivity index (χ0) is 26.9. The van der Waals surface area contributed by atoms with Crippen LogP contribution in [0.4, 0.5) is 23.0 Å². The van der Waals surface area contributed by atoms with E-state index < -0.39 is 11.4 Å². The number of amides is 1. The fraction of sp³-hybridized carbons (Fsp3) is 0.185. The average molecular weight is 509 g/mol. The van der Waals surface area contributed by atoms with E-state index in [0.717, 1.165) is 24.0 Å². The van der Waals surface area contributed by atoms with Crippen molar-refractivity contribution in [3.63, 3.8) is 0 Å². The molecule has 1 aliphatic rings. The first kappa shape index (κ1) is 24.5. The van der Waals surface area contributed by atoms with Crippen LogP contribution < -0.4 is 16.0 Å². The molecule has 1 saturated carbocycles. The first-order valence-electron chi connectivity index (χ1n) is 11.9. The molecule has 2 aromatic carbocycles. The first-order chi connectivity index (χ1) is 18.3. The van der Waals surface area contributed by atoms with Crippen LogP contribution >= 0.6 is 0 Å².